The molecule has 10 heteroatoms. The predicted molar refractivity (Wildman–Crippen MR) is 172 cm³/mol. The fraction of sp³-hybridized carbons (Fsp3) is 0.156. The number of benzene rings is 2. The van der Waals surface area contributed by atoms with E-state index < -0.39 is 11.0 Å². The molecule has 0 fully saturated rings. The molecule has 0 aliphatic rings. The van der Waals surface area contributed by atoms with Crippen LogP contribution in [0.2, 0.25) is 0 Å². The minimum Gasteiger partial charge on any atom is -0.351 e. The summed E-state index contributed by atoms with van der Waals surface area (Å²) in [4.78, 5) is 28.0. The molecule has 42 heavy (non-hydrogen) atoms. The zero-order valence-corrected chi connectivity index (χ0v) is 25.1. The molecule has 1 unspecified atom stereocenters. The van der Waals surface area contributed by atoms with Crippen LogP contribution in [0, 0.1) is 0 Å². The van der Waals surface area contributed by atoms with Crippen molar-refractivity contribution in [2.24, 2.45) is 0 Å². The summed E-state index contributed by atoms with van der Waals surface area (Å²) >= 11 is 1.53. The first-order valence-electron chi connectivity index (χ1n) is 13.5. The molecule has 6 rings (SSSR count). The number of aromatic amines is 1. The van der Waals surface area contributed by atoms with Gasteiger partial charge in [0.05, 0.1) is 10.6 Å². The molecule has 4 heterocycles. The molecule has 2 aromatic carbocycles. The van der Waals surface area contributed by atoms with Crippen molar-refractivity contribution in [3.8, 4) is 22.3 Å². The van der Waals surface area contributed by atoms with Crippen molar-refractivity contribution in [3.63, 3.8) is 0 Å². The van der Waals surface area contributed by atoms with Crippen LogP contribution in [0.3, 0.4) is 0 Å². The molecule has 8 nitrogen and oxygen atoms in total. The van der Waals surface area contributed by atoms with E-state index in [1.54, 1.807) is 16.7 Å². The Bertz CT molecular complexity index is 1880. The first-order valence-corrected chi connectivity index (χ1v) is 15.5. The van der Waals surface area contributed by atoms with Crippen LogP contribution in [0.1, 0.15) is 10.4 Å². The van der Waals surface area contributed by atoms with Gasteiger partial charge in [-0.15, -0.1) is 0 Å². The zero-order chi connectivity index (χ0) is 29.2. The van der Waals surface area contributed by atoms with E-state index in [2.05, 4.69) is 21.4 Å². The Morgan fingerprint density at radius 2 is 1.79 bits per heavy atom. The number of rotatable bonds is 9. The molecule has 0 aliphatic carbocycles. The number of H-pyrrole nitrogens is 1. The molecule has 212 valence electrons. The molecule has 6 aromatic rings. The molecule has 0 saturated heterocycles. The second kappa shape index (κ2) is 11.8. The number of amides is 1. The monoisotopic (exact) mass is 594 g/mol. The van der Waals surface area contributed by atoms with Crippen LogP contribution in [-0.2, 0) is 11.0 Å². The Kier molecular flexibility index (Phi) is 7.84. The minimum atomic E-state index is -1.32. The standard InChI is InChI=1S/C32H30N6O2S2/c1-37(2)16-15-34-32(39)23-6-4-21(5-7-23)27-19-35-31-30(29(27)22-10-13-33-14-11-22)26-18-24(8-9-28(26)36-31)38(3)42(40)25-12-17-41-20-25/h4-14,17-20H,15-16H2,1-3H3,(H,34,39)(H,35,36). The quantitative estimate of drug-likeness (QED) is 0.216. The van der Waals surface area contributed by atoms with Crippen LogP contribution < -0.4 is 9.62 Å². The largest absolute Gasteiger partial charge is 0.351 e. The highest BCUT2D eigenvalue weighted by molar-refractivity contribution is 7.86. The first-order chi connectivity index (χ1) is 20.4. The minimum absolute atomic E-state index is 0.0977. The van der Waals surface area contributed by atoms with E-state index in [0.717, 1.165) is 61.3 Å². The number of carbonyl (C=O) groups is 1. The van der Waals surface area contributed by atoms with Gasteiger partial charge in [0.1, 0.15) is 5.65 Å². The van der Waals surface area contributed by atoms with Gasteiger partial charge in [0.15, 0.2) is 11.0 Å². The molecule has 4 aromatic heterocycles. The Labute approximate surface area is 250 Å². The number of hydrogen-bond acceptors (Lipinski definition) is 6. The lowest BCUT2D eigenvalue weighted by molar-refractivity contribution is 0.0951. The summed E-state index contributed by atoms with van der Waals surface area (Å²) in [6.45, 7) is 1.36. The van der Waals surface area contributed by atoms with Gasteiger partial charge in [-0.1, -0.05) is 12.1 Å². The Hall–Kier alpha value is -4.38. The van der Waals surface area contributed by atoms with Crippen molar-refractivity contribution in [1.29, 1.82) is 0 Å². The molecule has 0 bridgehead atoms. The Morgan fingerprint density at radius 1 is 1.00 bits per heavy atom. The highest BCUT2D eigenvalue weighted by Crippen LogP contribution is 2.41. The van der Waals surface area contributed by atoms with Crippen molar-refractivity contribution >= 4 is 55.9 Å². The van der Waals surface area contributed by atoms with Gasteiger partial charge in [-0.25, -0.2) is 9.19 Å². The smallest absolute Gasteiger partial charge is 0.251 e. The van der Waals surface area contributed by atoms with E-state index in [4.69, 9.17) is 4.98 Å². The second-order valence-corrected chi connectivity index (χ2v) is 12.5. The lowest BCUT2D eigenvalue weighted by Crippen LogP contribution is -2.31. The van der Waals surface area contributed by atoms with Gasteiger partial charge >= 0.3 is 0 Å². The van der Waals surface area contributed by atoms with Crippen molar-refractivity contribution in [3.05, 3.63) is 95.6 Å². The van der Waals surface area contributed by atoms with Crippen LogP contribution in [0.15, 0.2) is 94.9 Å². The van der Waals surface area contributed by atoms with Crippen LogP contribution >= 0.6 is 11.3 Å². The van der Waals surface area contributed by atoms with E-state index in [1.807, 2.05) is 97.6 Å². The van der Waals surface area contributed by atoms with E-state index in [-0.39, 0.29) is 5.91 Å². The van der Waals surface area contributed by atoms with Crippen LogP contribution in [0.25, 0.3) is 44.2 Å². The third-order valence-electron chi connectivity index (χ3n) is 7.19. The van der Waals surface area contributed by atoms with Gasteiger partial charge in [0, 0.05) is 77.1 Å². The molecule has 0 aliphatic heterocycles. The van der Waals surface area contributed by atoms with Gasteiger partial charge in [0.25, 0.3) is 5.91 Å². The lowest BCUT2D eigenvalue weighted by atomic mass is 9.93. The molecule has 0 radical (unpaired) electrons. The summed E-state index contributed by atoms with van der Waals surface area (Å²) in [5.41, 5.74) is 7.04. The number of pyridine rings is 2. The number of anilines is 1. The van der Waals surface area contributed by atoms with E-state index >= 15 is 0 Å². The summed E-state index contributed by atoms with van der Waals surface area (Å²) in [5, 5.41) is 8.76. The van der Waals surface area contributed by atoms with Gasteiger partial charge in [-0.3, -0.25) is 14.1 Å². The highest BCUT2D eigenvalue weighted by atomic mass is 32.2. The maximum atomic E-state index is 13.2. The number of carbonyl (C=O) groups excluding carboxylic acids is 1. The fourth-order valence-electron chi connectivity index (χ4n) is 4.98. The van der Waals surface area contributed by atoms with Gasteiger partial charge < -0.3 is 15.2 Å². The second-order valence-electron chi connectivity index (χ2n) is 10.2. The number of likely N-dealkylation sites (N-methyl/N-ethyl adjacent to an activating group) is 1. The molecule has 1 atom stereocenters. The zero-order valence-electron chi connectivity index (χ0n) is 23.5. The summed E-state index contributed by atoms with van der Waals surface area (Å²) in [6.07, 6.45) is 5.44. The molecular formula is C32H30N6O2S2. The number of hydrogen-bond donors (Lipinski definition) is 2. The van der Waals surface area contributed by atoms with Crippen molar-refractivity contribution in [2.45, 2.75) is 4.90 Å². The van der Waals surface area contributed by atoms with E-state index in [1.165, 1.54) is 11.3 Å². The van der Waals surface area contributed by atoms with E-state index in [9.17, 15) is 9.00 Å². The molecule has 0 saturated carbocycles. The third kappa shape index (κ3) is 5.44. The predicted octanol–water partition coefficient (Wildman–Crippen LogP) is 5.96. The number of fused-ring (bicyclic) bond motifs is 3. The number of aromatic nitrogens is 3. The highest BCUT2D eigenvalue weighted by Gasteiger charge is 2.20. The molecule has 0 spiro atoms. The summed E-state index contributed by atoms with van der Waals surface area (Å²) in [7, 11) is 4.47. The Morgan fingerprint density at radius 3 is 2.50 bits per heavy atom. The van der Waals surface area contributed by atoms with Crippen molar-refractivity contribution in [1.82, 2.24) is 25.2 Å². The van der Waals surface area contributed by atoms with Gasteiger partial charge in [-0.2, -0.15) is 11.3 Å². The SMILES string of the molecule is CN(C)CCNC(=O)c1ccc(-c2cnc3[nH]c4ccc(N(C)S(=O)c5ccsc5)cc4c3c2-c2ccncc2)cc1. The third-order valence-corrected chi connectivity index (χ3v) is 9.38. The average Bonchev–Trinajstić information content (AvgIpc) is 3.68. The number of thiophene rings is 1. The summed E-state index contributed by atoms with van der Waals surface area (Å²) < 4.78 is 15.0. The summed E-state index contributed by atoms with van der Waals surface area (Å²) in [6, 6.07) is 19.5. The normalized spacial score (nSPS) is 12.2. The van der Waals surface area contributed by atoms with Crippen molar-refractivity contribution < 1.29 is 9.00 Å². The molecular weight excluding hydrogens is 565 g/mol. The maximum absolute atomic E-state index is 13.2. The van der Waals surface area contributed by atoms with E-state index in [0.29, 0.717) is 12.1 Å². The van der Waals surface area contributed by atoms with Crippen molar-refractivity contribution in [2.75, 3.05) is 38.5 Å². The van der Waals surface area contributed by atoms with Crippen LogP contribution in [-0.4, -0.2) is 64.2 Å². The molecule has 1 amide bonds. The fourth-order valence-corrected chi connectivity index (χ4v) is 6.88. The maximum Gasteiger partial charge on any atom is 0.251 e. The summed E-state index contributed by atoms with van der Waals surface area (Å²) in [5.74, 6) is -0.0977. The van der Waals surface area contributed by atoms with Gasteiger partial charge in [-0.05, 0) is 79.1 Å². The Balaban J connectivity index is 1.45. The topological polar surface area (TPSA) is 94.2 Å². The number of nitrogens with one attached hydrogen (secondary N) is 2. The first kappa shape index (κ1) is 27.8. The van der Waals surface area contributed by atoms with Crippen LogP contribution in [0.5, 0.6) is 0 Å². The van der Waals surface area contributed by atoms with Crippen LogP contribution in [0.4, 0.5) is 5.69 Å². The average molecular weight is 595 g/mol. The number of nitrogens with zero attached hydrogens (tertiary/aromatic N) is 4. The van der Waals surface area contributed by atoms with Gasteiger partial charge in [0.2, 0.25) is 0 Å². The lowest BCUT2D eigenvalue weighted by Gasteiger charge is -2.18. The molecule has 2 N–H and O–H groups in total.